The Morgan fingerprint density at radius 1 is 1.36 bits per heavy atom. The largest absolute Gasteiger partial charge is 0.460 e. The Morgan fingerprint density at radius 3 is 2.55 bits per heavy atom. The molecule has 0 amide bonds. The van der Waals surface area contributed by atoms with Gasteiger partial charge in [-0.05, 0) is 0 Å². The minimum atomic E-state index is -0.508. The summed E-state index contributed by atoms with van der Waals surface area (Å²) in [6.07, 6.45) is 2.17. The fourth-order valence-corrected chi connectivity index (χ4v) is 0.474. The van der Waals surface area contributed by atoms with Crippen LogP contribution in [0.4, 0.5) is 0 Å². The average Bonchev–Trinajstić information content (AvgIpc) is 2.03. The second kappa shape index (κ2) is 3.79. The molecule has 1 aromatic rings. The molecule has 11 heavy (non-hydrogen) atoms. The average molecular weight is 155 g/mol. The zero-order valence-corrected chi connectivity index (χ0v) is 5.84. The summed E-state index contributed by atoms with van der Waals surface area (Å²) in [5.74, 6) is 0. The first-order valence-corrected chi connectivity index (χ1v) is 3.05. The summed E-state index contributed by atoms with van der Waals surface area (Å²) in [7, 11) is 0. The SMILES string of the molecule is NC(N)COc1ncncn1. The van der Waals surface area contributed by atoms with E-state index in [1.165, 1.54) is 12.7 Å². The van der Waals surface area contributed by atoms with Crippen molar-refractivity contribution in [3.63, 3.8) is 0 Å². The molecule has 0 saturated heterocycles. The molecule has 0 atom stereocenters. The van der Waals surface area contributed by atoms with E-state index in [0.717, 1.165) is 0 Å². The molecule has 60 valence electrons. The van der Waals surface area contributed by atoms with Gasteiger partial charge in [0, 0.05) is 0 Å². The van der Waals surface area contributed by atoms with Crippen molar-refractivity contribution in [3.8, 4) is 6.01 Å². The van der Waals surface area contributed by atoms with Gasteiger partial charge in [-0.1, -0.05) is 0 Å². The molecule has 0 aliphatic carbocycles. The summed E-state index contributed by atoms with van der Waals surface area (Å²) in [5.41, 5.74) is 10.4. The second-order valence-corrected chi connectivity index (χ2v) is 1.90. The Morgan fingerprint density at radius 2 is 2.00 bits per heavy atom. The van der Waals surface area contributed by atoms with Crippen molar-refractivity contribution in [2.75, 3.05) is 6.61 Å². The van der Waals surface area contributed by atoms with Crippen LogP contribution in [0.25, 0.3) is 0 Å². The van der Waals surface area contributed by atoms with Gasteiger partial charge < -0.3 is 16.2 Å². The third-order valence-corrected chi connectivity index (χ3v) is 0.875. The van der Waals surface area contributed by atoms with E-state index in [0.29, 0.717) is 0 Å². The molecule has 4 N–H and O–H groups in total. The molecule has 0 saturated carbocycles. The van der Waals surface area contributed by atoms with E-state index in [1.807, 2.05) is 0 Å². The topological polar surface area (TPSA) is 99.9 Å². The number of aromatic nitrogens is 3. The molecule has 0 radical (unpaired) electrons. The Bertz CT molecular complexity index is 201. The molecular weight excluding hydrogens is 146 g/mol. The van der Waals surface area contributed by atoms with Crippen LogP contribution in [0.3, 0.4) is 0 Å². The lowest BCUT2D eigenvalue weighted by atomic mass is 10.6. The smallest absolute Gasteiger partial charge is 0.319 e. The predicted octanol–water partition coefficient (Wildman–Crippen LogP) is -1.51. The van der Waals surface area contributed by atoms with E-state index in [4.69, 9.17) is 16.2 Å². The highest BCUT2D eigenvalue weighted by atomic mass is 16.5. The van der Waals surface area contributed by atoms with Crippen molar-refractivity contribution >= 4 is 0 Å². The van der Waals surface area contributed by atoms with Crippen LogP contribution in [0, 0.1) is 0 Å². The van der Waals surface area contributed by atoms with Gasteiger partial charge in [0.2, 0.25) is 0 Å². The maximum atomic E-state index is 5.22. The number of hydrogen-bond donors (Lipinski definition) is 2. The first-order chi connectivity index (χ1) is 5.29. The Hall–Kier alpha value is -1.27. The molecule has 0 unspecified atom stereocenters. The van der Waals surface area contributed by atoms with Crippen molar-refractivity contribution in [1.82, 2.24) is 15.0 Å². The molecule has 0 aliphatic heterocycles. The lowest BCUT2D eigenvalue weighted by molar-refractivity contribution is 0.268. The van der Waals surface area contributed by atoms with Crippen molar-refractivity contribution in [3.05, 3.63) is 12.7 Å². The normalized spacial score (nSPS) is 10.1. The lowest BCUT2D eigenvalue weighted by Crippen LogP contribution is -2.36. The van der Waals surface area contributed by atoms with Crippen molar-refractivity contribution in [2.24, 2.45) is 11.5 Å². The standard InChI is InChI=1S/C5H9N5O/c6-4(7)1-11-5-9-2-8-3-10-5/h2-4H,1,6-7H2. The first-order valence-electron chi connectivity index (χ1n) is 3.05. The molecular formula is C5H9N5O. The van der Waals surface area contributed by atoms with Gasteiger partial charge in [-0.15, -0.1) is 0 Å². The minimum absolute atomic E-state index is 0.198. The molecule has 6 nitrogen and oxygen atoms in total. The first kappa shape index (κ1) is 7.83. The summed E-state index contributed by atoms with van der Waals surface area (Å²) in [5, 5.41) is 0. The number of hydrogen-bond acceptors (Lipinski definition) is 6. The third-order valence-electron chi connectivity index (χ3n) is 0.875. The van der Waals surface area contributed by atoms with Crippen LogP contribution in [-0.2, 0) is 0 Å². The molecule has 1 heterocycles. The Balaban J connectivity index is 2.39. The van der Waals surface area contributed by atoms with Gasteiger partial charge in [0.15, 0.2) is 0 Å². The van der Waals surface area contributed by atoms with Gasteiger partial charge >= 0.3 is 6.01 Å². The van der Waals surface area contributed by atoms with Gasteiger partial charge in [0.25, 0.3) is 0 Å². The summed E-state index contributed by atoms with van der Waals surface area (Å²) in [4.78, 5) is 11.0. The Kier molecular flexibility index (Phi) is 2.70. The van der Waals surface area contributed by atoms with Crippen molar-refractivity contribution in [2.45, 2.75) is 6.17 Å². The molecule has 0 fully saturated rings. The second-order valence-electron chi connectivity index (χ2n) is 1.90. The van der Waals surface area contributed by atoms with Crippen molar-refractivity contribution < 1.29 is 4.74 Å². The number of rotatable bonds is 3. The summed E-state index contributed by atoms with van der Waals surface area (Å²) in [6, 6.07) is 0.237. The number of nitrogens with two attached hydrogens (primary N) is 2. The van der Waals surface area contributed by atoms with Gasteiger partial charge in [-0.2, -0.15) is 9.97 Å². The van der Waals surface area contributed by atoms with E-state index < -0.39 is 6.17 Å². The summed E-state index contributed by atoms with van der Waals surface area (Å²) in [6.45, 7) is 0.198. The highest BCUT2D eigenvalue weighted by Gasteiger charge is 1.97. The number of ether oxygens (including phenoxy) is 1. The van der Waals surface area contributed by atoms with E-state index >= 15 is 0 Å². The third kappa shape index (κ3) is 2.87. The van der Waals surface area contributed by atoms with Crippen LogP contribution in [0.2, 0.25) is 0 Å². The summed E-state index contributed by atoms with van der Waals surface area (Å²) < 4.78 is 4.96. The van der Waals surface area contributed by atoms with E-state index in [2.05, 4.69) is 15.0 Å². The van der Waals surface area contributed by atoms with Crippen molar-refractivity contribution in [1.29, 1.82) is 0 Å². The Labute approximate surface area is 63.6 Å². The van der Waals surface area contributed by atoms with Gasteiger partial charge in [0.1, 0.15) is 19.3 Å². The fraction of sp³-hybridized carbons (Fsp3) is 0.400. The molecule has 1 rings (SSSR count). The molecule has 6 heteroatoms. The maximum absolute atomic E-state index is 5.22. The molecule has 0 aromatic carbocycles. The van der Waals surface area contributed by atoms with Crippen LogP contribution in [0.1, 0.15) is 0 Å². The maximum Gasteiger partial charge on any atom is 0.319 e. The quantitative estimate of drug-likeness (QED) is 0.515. The van der Waals surface area contributed by atoms with Crippen LogP contribution in [-0.4, -0.2) is 27.7 Å². The zero-order chi connectivity index (χ0) is 8.10. The zero-order valence-electron chi connectivity index (χ0n) is 5.84. The lowest BCUT2D eigenvalue weighted by Gasteiger charge is -2.04. The van der Waals surface area contributed by atoms with Crippen LogP contribution < -0.4 is 16.2 Å². The molecule has 0 aliphatic rings. The van der Waals surface area contributed by atoms with E-state index in [1.54, 1.807) is 0 Å². The monoisotopic (exact) mass is 155 g/mol. The van der Waals surface area contributed by atoms with Crippen LogP contribution in [0.15, 0.2) is 12.7 Å². The molecule has 1 aromatic heterocycles. The fourth-order valence-electron chi connectivity index (χ4n) is 0.474. The molecule has 0 bridgehead atoms. The van der Waals surface area contributed by atoms with Gasteiger partial charge in [-0.3, -0.25) is 0 Å². The van der Waals surface area contributed by atoms with Crippen LogP contribution in [0.5, 0.6) is 6.01 Å². The predicted molar refractivity (Wildman–Crippen MR) is 37.5 cm³/mol. The van der Waals surface area contributed by atoms with Crippen LogP contribution >= 0.6 is 0 Å². The highest BCUT2D eigenvalue weighted by Crippen LogP contribution is 1.94. The van der Waals surface area contributed by atoms with Gasteiger partial charge in [0.05, 0.1) is 6.17 Å². The number of nitrogens with zero attached hydrogens (tertiary/aromatic N) is 3. The van der Waals surface area contributed by atoms with E-state index in [9.17, 15) is 0 Å². The summed E-state index contributed by atoms with van der Waals surface area (Å²) >= 11 is 0. The molecule has 0 spiro atoms. The highest BCUT2D eigenvalue weighted by molar-refractivity contribution is 4.86. The van der Waals surface area contributed by atoms with E-state index in [-0.39, 0.29) is 12.6 Å². The van der Waals surface area contributed by atoms with Gasteiger partial charge in [-0.25, -0.2) is 4.98 Å². The minimum Gasteiger partial charge on any atom is -0.460 e.